The lowest BCUT2D eigenvalue weighted by atomic mass is 9.76. The number of halogens is 1. The molecule has 0 amide bonds. The number of hydrogen-bond acceptors (Lipinski definition) is 2. The van der Waals surface area contributed by atoms with Crippen molar-refractivity contribution in [1.29, 1.82) is 0 Å². The molecule has 1 aliphatic rings. The van der Waals surface area contributed by atoms with Gasteiger partial charge in [0.25, 0.3) is 0 Å². The van der Waals surface area contributed by atoms with Crippen LogP contribution in [0.5, 0.6) is 0 Å². The molecule has 1 unspecified atom stereocenters. The highest BCUT2D eigenvalue weighted by atomic mass is 35.5. The van der Waals surface area contributed by atoms with Gasteiger partial charge in [-0.25, -0.2) is 0 Å². The van der Waals surface area contributed by atoms with Crippen LogP contribution < -0.4 is 0 Å². The molecule has 2 aromatic carbocycles. The largest absolute Gasteiger partial charge is 0.416 e. The van der Waals surface area contributed by atoms with Gasteiger partial charge in [-0.15, -0.1) is 0 Å². The third-order valence-electron chi connectivity index (χ3n) is 8.55. The predicted octanol–water partition coefficient (Wildman–Crippen LogP) is 8.94. The monoisotopic (exact) mass is 502 g/mol. The first-order valence-electron chi connectivity index (χ1n) is 12.6. The van der Waals surface area contributed by atoms with Crippen LogP contribution in [0.25, 0.3) is 0 Å². The quantitative estimate of drug-likeness (QED) is 0.283. The Hall–Kier alpha value is -0.743. The Morgan fingerprint density at radius 3 is 2.15 bits per heavy atom. The van der Waals surface area contributed by atoms with Gasteiger partial charge in [-0.3, -0.25) is 0 Å². The molecule has 0 radical (unpaired) electrons. The molecule has 1 fully saturated rings. The fourth-order valence-electron chi connectivity index (χ4n) is 4.79. The summed E-state index contributed by atoms with van der Waals surface area (Å²) in [7, 11) is -1.74. The van der Waals surface area contributed by atoms with Gasteiger partial charge in [0.2, 0.25) is 0 Å². The summed E-state index contributed by atoms with van der Waals surface area (Å²) in [5, 5.41) is 1.11. The van der Waals surface area contributed by atoms with Gasteiger partial charge >= 0.3 is 0 Å². The van der Waals surface area contributed by atoms with Crippen LogP contribution in [0.2, 0.25) is 23.2 Å². The van der Waals surface area contributed by atoms with Crippen LogP contribution in [0.4, 0.5) is 0 Å². The topological polar surface area (TPSA) is 9.23 Å². The standard InChI is InChI=1S/C29H43ClOSSi/c1-23(2)28(3,4)33(5,6)31-20-17-25-11-9-24(10-12-25)8-7-18-29(19-21-32-22-29)26-13-15-27(30)16-14-26/h9-16,23H,7-8,17-22H2,1-6H3. The van der Waals surface area contributed by atoms with Crippen molar-refractivity contribution in [1.82, 2.24) is 0 Å². The summed E-state index contributed by atoms with van der Waals surface area (Å²) in [5.41, 5.74) is 4.63. The SMILES string of the molecule is CC(C)C(C)(C)[Si](C)(C)OCCc1ccc(CCCC2(c3ccc(Cl)cc3)CCSC2)cc1. The van der Waals surface area contributed by atoms with Gasteiger partial charge in [-0.05, 0) is 90.7 Å². The third kappa shape index (κ3) is 6.69. The highest BCUT2D eigenvalue weighted by Gasteiger charge is 2.43. The number of aryl methyl sites for hydroxylation is 1. The average Bonchev–Trinajstić information content (AvgIpc) is 3.25. The van der Waals surface area contributed by atoms with Gasteiger partial charge in [0.1, 0.15) is 0 Å². The van der Waals surface area contributed by atoms with E-state index < -0.39 is 8.32 Å². The molecule has 33 heavy (non-hydrogen) atoms. The van der Waals surface area contributed by atoms with Crippen molar-refractivity contribution < 1.29 is 4.43 Å². The van der Waals surface area contributed by atoms with Crippen molar-refractivity contribution in [3.8, 4) is 0 Å². The molecule has 0 N–H and O–H groups in total. The van der Waals surface area contributed by atoms with Gasteiger partial charge in [-0.2, -0.15) is 11.8 Å². The lowest BCUT2D eigenvalue weighted by molar-refractivity contribution is 0.270. The summed E-state index contributed by atoms with van der Waals surface area (Å²) in [4.78, 5) is 0. The molecule has 0 saturated carbocycles. The smallest absolute Gasteiger partial charge is 0.192 e. The summed E-state index contributed by atoms with van der Waals surface area (Å²) in [5.74, 6) is 3.15. The second-order valence-electron chi connectivity index (χ2n) is 11.2. The molecule has 182 valence electrons. The third-order valence-corrected chi connectivity index (χ3v) is 14.7. The molecule has 0 bridgehead atoms. The van der Waals surface area contributed by atoms with Crippen LogP contribution in [0, 0.1) is 5.92 Å². The maximum Gasteiger partial charge on any atom is 0.192 e. The van der Waals surface area contributed by atoms with Crippen molar-refractivity contribution in [2.75, 3.05) is 18.1 Å². The van der Waals surface area contributed by atoms with E-state index in [-0.39, 0.29) is 5.04 Å². The van der Waals surface area contributed by atoms with Crippen molar-refractivity contribution in [2.45, 2.75) is 83.3 Å². The van der Waals surface area contributed by atoms with Crippen LogP contribution in [-0.2, 0) is 22.7 Å². The Morgan fingerprint density at radius 1 is 1.00 bits per heavy atom. The van der Waals surface area contributed by atoms with Crippen molar-refractivity contribution in [3.63, 3.8) is 0 Å². The zero-order chi connectivity index (χ0) is 24.1. The van der Waals surface area contributed by atoms with E-state index >= 15 is 0 Å². The minimum atomic E-state index is -1.74. The van der Waals surface area contributed by atoms with E-state index in [0.29, 0.717) is 11.3 Å². The zero-order valence-corrected chi connectivity index (χ0v) is 24.1. The molecule has 0 aromatic heterocycles. The molecule has 1 aliphatic heterocycles. The van der Waals surface area contributed by atoms with E-state index in [4.69, 9.17) is 16.0 Å². The van der Waals surface area contributed by atoms with E-state index in [9.17, 15) is 0 Å². The Balaban J connectivity index is 1.49. The Kier molecular flexibility index (Phi) is 9.22. The van der Waals surface area contributed by atoms with Crippen LogP contribution in [0.15, 0.2) is 48.5 Å². The first-order chi connectivity index (χ1) is 15.6. The first kappa shape index (κ1) is 26.9. The molecule has 1 atom stereocenters. The van der Waals surface area contributed by atoms with Gasteiger partial charge in [0.05, 0.1) is 0 Å². The van der Waals surface area contributed by atoms with E-state index in [1.54, 1.807) is 0 Å². The molecule has 2 aromatic rings. The molecular weight excluding hydrogens is 460 g/mol. The minimum absolute atomic E-state index is 0.276. The van der Waals surface area contributed by atoms with Crippen molar-refractivity contribution >= 4 is 31.7 Å². The van der Waals surface area contributed by atoms with Crippen molar-refractivity contribution in [3.05, 3.63) is 70.2 Å². The van der Waals surface area contributed by atoms with Crippen LogP contribution in [0.3, 0.4) is 0 Å². The minimum Gasteiger partial charge on any atom is -0.416 e. The summed E-state index contributed by atoms with van der Waals surface area (Å²) in [6, 6.07) is 17.9. The number of hydrogen-bond donors (Lipinski definition) is 0. The lowest BCUT2D eigenvalue weighted by Gasteiger charge is -2.42. The summed E-state index contributed by atoms with van der Waals surface area (Å²) in [6.07, 6.45) is 5.92. The molecule has 4 heteroatoms. The van der Waals surface area contributed by atoms with Gasteiger partial charge in [-0.1, -0.05) is 75.7 Å². The fourth-order valence-corrected chi connectivity index (χ4v) is 8.81. The number of benzene rings is 2. The number of thioether (sulfide) groups is 1. The molecule has 0 aliphatic carbocycles. The molecule has 1 saturated heterocycles. The maximum absolute atomic E-state index is 6.50. The van der Waals surface area contributed by atoms with E-state index in [1.807, 2.05) is 0 Å². The molecule has 0 spiro atoms. The van der Waals surface area contributed by atoms with Gasteiger partial charge < -0.3 is 4.43 Å². The van der Waals surface area contributed by atoms with E-state index in [0.717, 1.165) is 24.5 Å². The first-order valence-corrected chi connectivity index (χ1v) is 17.1. The van der Waals surface area contributed by atoms with Crippen LogP contribution in [-0.4, -0.2) is 26.4 Å². The van der Waals surface area contributed by atoms with E-state index in [2.05, 4.69) is 101 Å². The Labute approximate surface area is 213 Å². The Bertz CT molecular complexity index is 867. The molecular formula is C29H43ClOSSi. The summed E-state index contributed by atoms with van der Waals surface area (Å²) >= 11 is 8.23. The van der Waals surface area contributed by atoms with Crippen LogP contribution in [0.1, 0.15) is 63.6 Å². The average molecular weight is 503 g/mol. The fraction of sp³-hybridized carbons (Fsp3) is 0.586. The van der Waals surface area contributed by atoms with Crippen LogP contribution >= 0.6 is 23.4 Å². The zero-order valence-electron chi connectivity index (χ0n) is 21.5. The molecule has 1 nitrogen and oxygen atoms in total. The normalized spacial score (nSPS) is 19.4. The van der Waals surface area contributed by atoms with Gasteiger partial charge in [0.15, 0.2) is 8.32 Å². The lowest BCUT2D eigenvalue weighted by Crippen LogP contribution is -2.45. The summed E-state index contributed by atoms with van der Waals surface area (Å²) in [6.45, 7) is 15.0. The maximum atomic E-state index is 6.50. The Morgan fingerprint density at radius 2 is 1.61 bits per heavy atom. The molecule has 1 heterocycles. The summed E-state index contributed by atoms with van der Waals surface area (Å²) < 4.78 is 6.50. The predicted molar refractivity (Wildman–Crippen MR) is 150 cm³/mol. The second kappa shape index (κ2) is 11.3. The van der Waals surface area contributed by atoms with E-state index in [1.165, 1.54) is 47.5 Å². The van der Waals surface area contributed by atoms with Gasteiger partial charge in [0, 0.05) is 22.8 Å². The highest BCUT2D eigenvalue weighted by Crippen LogP contribution is 2.45. The highest BCUT2D eigenvalue weighted by molar-refractivity contribution is 7.99. The molecule has 3 rings (SSSR count). The second-order valence-corrected chi connectivity index (χ2v) is 17.4. The van der Waals surface area contributed by atoms with Crippen molar-refractivity contribution in [2.24, 2.45) is 5.92 Å². The number of rotatable bonds is 11.